The Labute approximate surface area is 66.2 Å². The SMILES string of the molecule is NC1(CCO)CCSCC1. The van der Waals surface area contributed by atoms with Gasteiger partial charge in [-0.15, -0.1) is 0 Å². The molecule has 0 aromatic heterocycles. The summed E-state index contributed by atoms with van der Waals surface area (Å²) in [4.78, 5) is 0. The van der Waals surface area contributed by atoms with Crippen molar-refractivity contribution in [3.8, 4) is 0 Å². The topological polar surface area (TPSA) is 46.2 Å². The van der Waals surface area contributed by atoms with Gasteiger partial charge >= 0.3 is 0 Å². The van der Waals surface area contributed by atoms with Crippen LogP contribution in [0.25, 0.3) is 0 Å². The summed E-state index contributed by atoms with van der Waals surface area (Å²) >= 11 is 1.96. The Bertz CT molecular complexity index is 96.3. The number of rotatable bonds is 2. The fourth-order valence-electron chi connectivity index (χ4n) is 1.25. The summed E-state index contributed by atoms with van der Waals surface area (Å²) in [5, 5.41) is 8.70. The van der Waals surface area contributed by atoms with Crippen molar-refractivity contribution in [3.63, 3.8) is 0 Å². The number of aliphatic hydroxyl groups excluding tert-OH is 1. The highest BCUT2D eigenvalue weighted by molar-refractivity contribution is 7.99. The lowest BCUT2D eigenvalue weighted by Crippen LogP contribution is -2.43. The molecule has 60 valence electrons. The van der Waals surface area contributed by atoms with Crippen molar-refractivity contribution in [1.82, 2.24) is 0 Å². The van der Waals surface area contributed by atoms with Gasteiger partial charge in [-0.1, -0.05) is 0 Å². The average molecular weight is 161 g/mol. The lowest BCUT2D eigenvalue weighted by Gasteiger charge is -2.32. The molecule has 1 fully saturated rings. The van der Waals surface area contributed by atoms with E-state index in [9.17, 15) is 0 Å². The number of thioether (sulfide) groups is 1. The van der Waals surface area contributed by atoms with Crippen LogP contribution < -0.4 is 5.73 Å². The summed E-state index contributed by atoms with van der Waals surface area (Å²) in [6.45, 7) is 0.237. The summed E-state index contributed by atoms with van der Waals surface area (Å²) in [5.74, 6) is 2.33. The van der Waals surface area contributed by atoms with E-state index in [2.05, 4.69) is 0 Å². The predicted molar refractivity (Wildman–Crippen MR) is 45.2 cm³/mol. The molecule has 3 heteroatoms. The predicted octanol–water partition coefficient (Wildman–Crippen LogP) is 0.593. The molecule has 1 saturated heterocycles. The highest BCUT2D eigenvalue weighted by atomic mass is 32.2. The molecule has 0 unspecified atom stereocenters. The Kier molecular flexibility index (Phi) is 3.01. The van der Waals surface area contributed by atoms with Crippen LogP contribution in [0.5, 0.6) is 0 Å². The minimum atomic E-state index is -0.0417. The smallest absolute Gasteiger partial charge is 0.0448 e. The van der Waals surface area contributed by atoms with Gasteiger partial charge in [-0.2, -0.15) is 11.8 Å². The third-order valence-corrected chi connectivity index (χ3v) is 3.08. The van der Waals surface area contributed by atoms with Crippen molar-refractivity contribution in [2.45, 2.75) is 24.8 Å². The molecule has 0 bridgehead atoms. The molecule has 0 spiro atoms. The molecule has 0 amide bonds. The zero-order chi connectivity index (χ0) is 7.45. The van der Waals surface area contributed by atoms with Gasteiger partial charge in [0.25, 0.3) is 0 Å². The van der Waals surface area contributed by atoms with Crippen LogP contribution in [0.15, 0.2) is 0 Å². The first-order valence-corrected chi connectivity index (χ1v) is 4.90. The van der Waals surface area contributed by atoms with Gasteiger partial charge in [-0.05, 0) is 30.8 Å². The molecule has 0 radical (unpaired) electrons. The van der Waals surface area contributed by atoms with Crippen molar-refractivity contribution in [3.05, 3.63) is 0 Å². The second kappa shape index (κ2) is 3.60. The molecule has 0 atom stereocenters. The van der Waals surface area contributed by atoms with Crippen molar-refractivity contribution >= 4 is 11.8 Å². The third kappa shape index (κ3) is 2.15. The van der Waals surface area contributed by atoms with E-state index in [1.165, 1.54) is 0 Å². The van der Waals surface area contributed by atoms with Crippen LogP contribution in [0.3, 0.4) is 0 Å². The van der Waals surface area contributed by atoms with Crippen molar-refractivity contribution in [2.24, 2.45) is 5.73 Å². The van der Waals surface area contributed by atoms with E-state index in [-0.39, 0.29) is 12.1 Å². The lowest BCUT2D eigenvalue weighted by atomic mass is 9.90. The minimum absolute atomic E-state index is 0.0417. The first-order chi connectivity index (χ1) is 4.77. The number of hydrogen-bond acceptors (Lipinski definition) is 3. The summed E-state index contributed by atoms with van der Waals surface area (Å²) in [6, 6.07) is 0. The van der Waals surface area contributed by atoms with Crippen LogP contribution in [0, 0.1) is 0 Å². The second-order valence-electron chi connectivity index (χ2n) is 2.95. The van der Waals surface area contributed by atoms with Crippen LogP contribution >= 0.6 is 11.8 Å². The van der Waals surface area contributed by atoms with Gasteiger partial charge in [-0.3, -0.25) is 0 Å². The maximum atomic E-state index is 8.70. The minimum Gasteiger partial charge on any atom is -0.396 e. The van der Waals surface area contributed by atoms with Gasteiger partial charge in [0.15, 0.2) is 0 Å². The molecule has 1 heterocycles. The summed E-state index contributed by atoms with van der Waals surface area (Å²) in [7, 11) is 0. The molecule has 1 aliphatic heterocycles. The first kappa shape index (κ1) is 8.37. The van der Waals surface area contributed by atoms with E-state index >= 15 is 0 Å². The molecule has 0 saturated carbocycles. The molecule has 10 heavy (non-hydrogen) atoms. The van der Waals surface area contributed by atoms with Gasteiger partial charge in [0.05, 0.1) is 0 Å². The van der Waals surface area contributed by atoms with Gasteiger partial charge in [-0.25, -0.2) is 0 Å². The summed E-state index contributed by atoms with van der Waals surface area (Å²) in [6.07, 6.45) is 2.91. The highest BCUT2D eigenvalue weighted by Crippen LogP contribution is 2.26. The fraction of sp³-hybridized carbons (Fsp3) is 1.00. The zero-order valence-electron chi connectivity index (χ0n) is 6.18. The standard InChI is InChI=1S/C7H15NOS/c8-7(1-4-9)2-5-10-6-3-7/h9H,1-6,8H2. The maximum absolute atomic E-state index is 8.70. The molecule has 0 aromatic rings. The Hall–Kier alpha value is 0.270. The Balaban J connectivity index is 2.32. The molecule has 2 nitrogen and oxygen atoms in total. The molecule has 0 aliphatic carbocycles. The van der Waals surface area contributed by atoms with E-state index < -0.39 is 0 Å². The summed E-state index contributed by atoms with van der Waals surface area (Å²) < 4.78 is 0. The lowest BCUT2D eigenvalue weighted by molar-refractivity contribution is 0.230. The molecule has 1 aliphatic rings. The zero-order valence-corrected chi connectivity index (χ0v) is 6.99. The van der Waals surface area contributed by atoms with E-state index in [4.69, 9.17) is 10.8 Å². The molecule has 3 N–H and O–H groups in total. The third-order valence-electron chi connectivity index (χ3n) is 2.10. The highest BCUT2D eigenvalue weighted by Gasteiger charge is 2.26. The van der Waals surface area contributed by atoms with Crippen LogP contribution in [-0.2, 0) is 0 Å². The molecular formula is C7H15NOS. The Morgan fingerprint density at radius 2 is 2.00 bits per heavy atom. The quantitative estimate of drug-likeness (QED) is 0.623. The van der Waals surface area contributed by atoms with E-state index in [0.717, 1.165) is 30.8 Å². The van der Waals surface area contributed by atoms with Crippen molar-refractivity contribution in [1.29, 1.82) is 0 Å². The van der Waals surface area contributed by atoms with Crippen LogP contribution in [0.2, 0.25) is 0 Å². The normalized spacial score (nSPS) is 24.6. The second-order valence-corrected chi connectivity index (χ2v) is 4.17. The molecule has 0 aromatic carbocycles. The van der Waals surface area contributed by atoms with Crippen LogP contribution in [0.1, 0.15) is 19.3 Å². The number of nitrogens with two attached hydrogens (primary N) is 1. The van der Waals surface area contributed by atoms with Crippen LogP contribution in [-0.4, -0.2) is 28.8 Å². The van der Waals surface area contributed by atoms with Gasteiger partial charge in [0, 0.05) is 12.1 Å². The maximum Gasteiger partial charge on any atom is 0.0448 e. The van der Waals surface area contributed by atoms with E-state index in [0.29, 0.717) is 0 Å². The van der Waals surface area contributed by atoms with Gasteiger partial charge in [0.2, 0.25) is 0 Å². The number of aliphatic hydroxyl groups is 1. The Morgan fingerprint density at radius 3 is 2.50 bits per heavy atom. The van der Waals surface area contributed by atoms with Crippen molar-refractivity contribution < 1.29 is 5.11 Å². The van der Waals surface area contributed by atoms with Crippen LogP contribution in [0.4, 0.5) is 0 Å². The van der Waals surface area contributed by atoms with Gasteiger partial charge < -0.3 is 10.8 Å². The molecular weight excluding hydrogens is 146 g/mol. The van der Waals surface area contributed by atoms with E-state index in [1.54, 1.807) is 0 Å². The van der Waals surface area contributed by atoms with Crippen molar-refractivity contribution in [2.75, 3.05) is 18.1 Å². The molecule has 1 rings (SSSR count). The summed E-state index contributed by atoms with van der Waals surface area (Å²) in [5.41, 5.74) is 5.95. The van der Waals surface area contributed by atoms with Gasteiger partial charge in [0.1, 0.15) is 0 Å². The largest absolute Gasteiger partial charge is 0.396 e. The fourth-order valence-corrected chi connectivity index (χ4v) is 2.56. The first-order valence-electron chi connectivity index (χ1n) is 3.74. The number of hydrogen-bond donors (Lipinski definition) is 2. The average Bonchev–Trinajstić information content (AvgIpc) is 1.89. The Morgan fingerprint density at radius 1 is 1.40 bits per heavy atom. The van der Waals surface area contributed by atoms with E-state index in [1.807, 2.05) is 11.8 Å². The monoisotopic (exact) mass is 161 g/mol.